The molecule has 0 radical (unpaired) electrons. The van der Waals surface area contributed by atoms with Crippen LogP contribution in [0.5, 0.6) is 0 Å². The van der Waals surface area contributed by atoms with E-state index in [0.717, 1.165) is 24.0 Å². The van der Waals surface area contributed by atoms with Crippen LogP contribution in [0, 0.1) is 22.6 Å². The Bertz CT molecular complexity index is 903. The number of allylic oxidation sites excluding steroid dienone is 1. The van der Waals surface area contributed by atoms with E-state index in [-0.39, 0.29) is 17.3 Å². The van der Waals surface area contributed by atoms with E-state index in [0.29, 0.717) is 36.7 Å². The molecule has 160 valence electrons. The first kappa shape index (κ1) is 21.5. The number of carbonyl (C=O) groups excluding carboxylic acids is 1. The van der Waals surface area contributed by atoms with E-state index in [1.54, 1.807) is 30.3 Å². The summed E-state index contributed by atoms with van der Waals surface area (Å²) in [5, 5.41) is 25.5. The fourth-order valence-corrected chi connectivity index (χ4v) is 3.44. The summed E-state index contributed by atoms with van der Waals surface area (Å²) in [7, 11) is 1.69. The van der Waals surface area contributed by atoms with Crippen molar-refractivity contribution in [2.24, 2.45) is 5.92 Å². The minimum Gasteiger partial charge on any atom is -0.393 e. The number of nitrogens with zero attached hydrogens (tertiary/aromatic N) is 1. The molecule has 7 nitrogen and oxygen atoms in total. The number of hydrogen-bond donors (Lipinski definition) is 5. The summed E-state index contributed by atoms with van der Waals surface area (Å²) in [6.07, 6.45) is 5.79. The summed E-state index contributed by atoms with van der Waals surface area (Å²) < 4.78 is 14.3. The molecule has 2 aliphatic rings. The topological polar surface area (TPSA) is 104 Å². The van der Waals surface area contributed by atoms with Crippen LogP contribution in [-0.4, -0.2) is 49.5 Å². The highest BCUT2D eigenvalue weighted by Crippen LogP contribution is 2.29. The second-order valence-corrected chi connectivity index (χ2v) is 7.70. The average molecular weight is 413 g/mol. The van der Waals surface area contributed by atoms with Crippen molar-refractivity contribution in [1.29, 1.82) is 10.8 Å². The van der Waals surface area contributed by atoms with Crippen LogP contribution in [0.25, 0.3) is 5.57 Å². The van der Waals surface area contributed by atoms with Crippen molar-refractivity contribution in [1.82, 2.24) is 15.5 Å². The Kier molecular flexibility index (Phi) is 6.87. The van der Waals surface area contributed by atoms with E-state index in [1.165, 1.54) is 25.8 Å². The highest BCUT2D eigenvalue weighted by molar-refractivity contribution is 6.10. The van der Waals surface area contributed by atoms with Crippen molar-refractivity contribution in [3.63, 3.8) is 0 Å². The lowest BCUT2D eigenvalue weighted by Gasteiger charge is -2.31. The molecule has 0 unspecified atom stereocenters. The van der Waals surface area contributed by atoms with Gasteiger partial charge in [0.05, 0.1) is 6.54 Å². The Balaban J connectivity index is 1.83. The van der Waals surface area contributed by atoms with Crippen molar-refractivity contribution in [2.45, 2.75) is 26.2 Å². The van der Waals surface area contributed by atoms with Gasteiger partial charge in [0.1, 0.15) is 11.7 Å². The highest BCUT2D eigenvalue weighted by Gasteiger charge is 2.26. The number of amides is 1. The van der Waals surface area contributed by atoms with Gasteiger partial charge in [0, 0.05) is 74.0 Å². The Morgan fingerprint density at radius 2 is 2.13 bits per heavy atom. The van der Waals surface area contributed by atoms with E-state index in [2.05, 4.69) is 16.0 Å². The van der Waals surface area contributed by atoms with Gasteiger partial charge in [-0.05, 0) is 37.0 Å². The third-order valence-corrected chi connectivity index (χ3v) is 5.40. The second kappa shape index (κ2) is 9.56. The monoisotopic (exact) mass is 412 g/mol. The van der Waals surface area contributed by atoms with Gasteiger partial charge in [0.25, 0.3) is 0 Å². The molecular weight excluding hydrogens is 383 g/mol. The van der Waals surface area contributed by atoms with E-state index >= 15 is 0 Å². The summed E-state index contributed by atoms with van der Waals surface area (Å²) in [5.41, 5.74) is 2.97. The largest absolute Gasteiger partial charge is 0.393 e. The maximum absolute atomic E-state index is 14.3. The molecule has 0 atom stereocenters. The van der Waals surface area contributed by atoms with Crippen LogP contribution < -0.4 is 16.0 Å². The highest BCUT2D eigenvalue weighted by atomic mass is 19.1. The van der Waals surface area contributed by atoms with E-state index in [4.69, 9.17) is 10.8 Å². The average Bonchev–Trinajstić information content (AvgIpc) is 3.56. The zero-order chi connectivity index (χ0) is 21.7. The molecule has 0 bridgehead atoms. The third-order valence-electron chi connectivity index (χ3n) is 5.40. The molecular formula is C22H29FN6O. The van der Waals surface area contributed by atoms with Crippen LogP contribution in [0.1, 0.15) is 31.7 Å². The van der Waals surface area contributed by atoms with Crippen molar-refractivity contribution in [2.75, 3.05) is 32.0 Å². The predicted molar refractivity (Wildman–Crippen MR) is 118 cm³/mol. The number of benzene rings is 1. The van der Waals surface area contributed by atoms with Crippen LogP contribution in [0.3, 0.4) is 0 Å². The number of nitrogens with one attached hydrogen (secondary N) is 5. The fraction of sp³-hybridized carbons (Fsp3) is 0.409. The summed E-state index contributed by atoms with van der Waals surface area (Å²) in [6.45, 7) is 3.44. The zero-order valence-corrected chi connectivity index (χ0v) is 17.4. The maximum atomic E-state index is 14.3. The minimum absolute atomic E-state index is 0.0153. The summed E-state index contributed by atoms with van der Waals surface area (Å²) in [6, 6.07) is 4.47. The normalized spacial score (nSPS) is 16.9. The molecule has 1 heterocycles. The van der Waals surface area contributed by atoms with Gasteiger partial charge in [-0.15, -0.1) is 0 Å². The lowest BCUT2D eigenvalue weighted by Crippen LogP contribution is -2.41. The quantitative estimate of drug-likeness (QED) is 0.334. The van der Waals surface area contributed by atoms with Gasteiger partial charge in [0.15, 0.2) is 0 Å². The molecule has 1 fully saturated rings. The van der Waals surface area contributed by atoms with Crippen LogP contribution in [0.2, 0.25) is 0 Å². The Labute approximate surface area is 176 Å². The number of anilines is 1. The molecule has 1 aliphatic heterocycles. The fourth-order valence-electron chi connectivity index (χ4n) is 3.44. The molecule has 30 heavy (non-hydrogen) atoms. The SMILES string of the molecule is CN/C=C(\C=N)c1cc(NC(=N)C2=C(NCC3CC3)CCN(C(C)=O)C2)ccc1F. The number of halogens is 1. The smallest absolute Gasteiger partial charge is 0.219 e. The Hall–Kier alpha value is -3.16. The van der Waals surface area contributed by atoms with Gasteiger partial charge in [-0.3, -0.25) is 10.2 Å². The summed E-state index contributed by atoms with van der Waals surface area (Å²) >= 11 is 0. The van der Waals surface area contributed by atoms with Gasteiger partial charge < -0.3 is 26.3 Å². The van der Waals surface area contributed by atoms with E-state index in [9.17, 15) is 9.18 Å². The van der Waals surface area contributed by atoms with Crippen molar-refractivity contribution in [3.8, 4) is 0 Å². The number of rotatable bonds is 8. The molecule has 1 aliphatic carbocycles. The first-order chi connectivity index (χ1) is 14.4. The Morgan fingerprint density at radius 1 is 1.37 bits per heavy atom. The van der Waals surface area contributed by atoms with Crippen LogP contribution in [0.15, 0.2) is 35.7 Å². The lowest BCUT2D eigenvalue weighted by atomic mass is 10.0. The maximum Gasteiger partial charge on any atom is 0.219 e. The van der Waals surface area contributed by atoms with Crippen LogP contribution in [-0.2, 0) is 4.79 Å². The van der Waals surface area contributed by atoms with Crippen molar-refractivity contribution >= 4 is 29.2 Å². The second-order valence-electron chi connectivity index (χ2n) is 7.70. The third kappa shape index (κ3) is 5.25. The van der Waals surface area contributed by atoms with Crippen molar-refractivity contribution < 1.29 is 9.18 Å². The minimum atomic E-state index is -0.441. The summed E-state index contributed by atoms with van der Waals surface area (Å²) in [5.74, 6) is 0.428. The molecule has 1 aromatic carbocycles. The number of carbonyl (C=O) groups is 1. The van der Waals surface area contributed by atoms with Crippen LogP contribution >= 0.6 is 0 Å². The number of amidine groups is 1. The van der Waals surface area contributed by atoms with Gasteiger partial charge in [-0.25, -0.2) is 4.39 Å². The molecule has 1 amide bonds. The first-order valence-corrected chi connectivity index (χ1v) is 10.2. The standard InChI is InChI=1S/C22H29FN6O/c1-14(30)29-8-7-21(27-11-15-3-4-15)19(13-29)22(25)28-17-5-6-20(23)18(9-17)16(10-24)12-26-2/h5-6,9-10,12,15,24,26-27H,3-4,7-8,11,13H2,1-2H3,(H2,25,28)/b16-12+,24-10?. The van der Waals surface area contributed by atoms with Crippen molar-refractivity contribution in [3.05, 3.63) is 47.0 Å². The van der Waals surface area contributed by atoms with Gasteiger partial charge in [-0.1, -0.05) is 0 Å². The molecule has 0 spiro atoms. The molecule has 0 saturated heterocycles. The van der Waals surface area contributed by atoms with Gasteiger partial charge in [0.2, 0.25) is 5.91 Å². The molecule has 3 rings (SSSR count). The van der Waals surface area contributed by atoms with E-state index < -0.39 is 5.82 Å². The van der Waals surface area contributed by atoms with Gasteiger partial charge >= 0.3 is 0 Å². The first-order valence-electron chi connectivity index (χ1n) is 10.2. The molecule has 8 heteroatoms. The van der Waals surface area contributed by atoms with Crippen LogP contribution in [0.4, 0.5) is 10.1 Å². The molecule has 1 aromatic rings. The van der Waals surface area contributed by atoms with Gasteiger partial charge in [-0.2, -0.15) is 0 Å². The zero-order valence-electron chi connectivity index (χ0n) is 17.4. The number of hydrogen-bond acceptors (Lipinski definition) is 5. The predicted octanol–water partition coefficient (Wildman–Crippen LogP) is 2.93. The molecule has 5 N–H and O–H groups in total. The molecule has 1 saturated carbocycles. The lowest BCUT2D eigenvalue weighted by molar-refractivity contribution is -0.128. The summed E-state index contributed by atoms with van der Waals surface area (Å²) in [4.78, 5) is 13.6. The Morgan fingerprint density at radius 3 is 2.77 bits per heavy atom. The molecule has 0 aromatic heterocycles. The van der Waals surface area contributed by atoms with E-state index in [1.807, 2.05) is 0 Å².